The van der Waals surface area contributed by atoms with Crippen LogP contribution in [0.2, 0.25) is 0 Å². The van der Waals surface area contributed by atoms with Crippen LogP contribution in [0.25, 0.3) is 0 Å². The lowest BCUT2D eigenvalue weighted by atomic mass is 10.00. The molecule has 2 aromatic carbocycles. The van der Waals surface area contributed by atoms with Crippen LogP contribution < -0.4 is 9.47 Å². The van der Waals surface area contributed by atoms with Crippen molar-refractivity contribution in [1.82, 2.24) is 0 Å². The van der Waals surface area contributed by atoms with E-state index in [0.29, 0.717) is 32.7 Å². The number of benzene rings is 2. The van der Waals surface area contributed by atoms with Gasteiger partial charge < -0.3 is 14.6 Å². The number of hydrogen-bond donors (Lipinski definition) is 1. The monoisotopic (exact) mass is 338 g/mol. The topological polar surface area (TPSA) is 38.7 Å². The van der Waals surface area contributed by atoms with Gasteiger partial charge in [0.15, 0.2) is 11.5 Å². The van der Waals surface area contributed by atoms with Crippen molar-refractivity contribution >= 4 is 15.9 Å². The van der Waals surface area contributed by atoms with Crippen LogP contribution in [0.5, 0.6) is 11.5 Å². The number of aryl methyl sites for hydroxylation is 1. The van der Waals surface area contributed by atoms with Crippen LogP contribution in [0.1, 0.15) is 22.8 Å². The van der Waals surface area contributed by atoms with Gasteiger partial charge in [0, 0.05) is 0 Å². The van der Waals surface area contributed by atoms with Gasteiger partial charge in [-0.3, -0.25) is 0 Å². The molecule has 5 heteroatoms. The predicted octanol–water partition coefficient (Wildman–Crippen LogP) is 3.71. The third-order valence-corrected chi connectivity index (χ3v) is 3.87. The standard InChI is InChI=1S/C15H12BrFO3/c1-8-2-3-9(5-12(8)17)14(18)10-4-11(16)15-13(6-10)19-7-20-15/h2-6,14,18H,7H2,1H3. The van der Waals surface area contributed by atoms with Crippen LogP contribution in [0, 0.1) is 12.7 Å². The second kappa shape index (κ2) is 5.07. The first-order chi connectivity index (χ1) is 9.56. The summed E-state index contributed by atoms with van der Waals surface area (Å²) in [5.41, 5.74) is 1.66. The molecule has 1 aliphatic rings. The SMILES string of the molecule is Cc1ccc(C(O)c2cc(Br)c3c(c2)OCO3)cc1F. The first kappa shape index (κ1) is 13.4. The zero-order valence-corrected chi connectivity index (χ0v) is 12.3. The van der Waals surface area contributed by atoms with Gasteiger partial charge in [-0.25, -0.2) is 4.39 Å². The maximum atomic E-state index is 13.6. The summed E-state index contributed by atoms with van der Waals surface area (Å²) in [4.78, 5) is 0. The Kier molecular flexibility index (Phi) is 3.40. The highest BCUT2D eigenvalue weighted by atomic mass is 79.9. The molecule has 2 aromatic rings. The Bertz CT molecular complexity index is 672. The fraction of sp³-hybridized carbons (Fsp3) is 0.200. The third kappa shape index (κ3) is 2.27. The smallest absolute Gasteiger partial charge is 0.231 e. The van der Waals surface area contributed by atoms with Gasteiger partial charge in [0.1, 0.15) is 11.9 Å². The molecule has 3 nitrogen and oxygen atoms in total. The number of hydrogen-bond acceptors (Lipinski definition) is 3. The van der Waals surface area contributed by atoms with E-state index in [1.165, 1.54) is 6.07 Å². The minimum Gasteiger partial charge on any atom is -0.454 e. The van der Waals surface area contributed by atoms with Gasteiger partial charge in [-0.05, 0) is 57.7 Å². The van der Waals surface area contributed by atoms with Crippen molar-refractivity contribution in [3.05, 3.63) is 57.3 Å². The first-order valence-electron chi connectivity index (χ1n) is 6.09. The van der Waals surface area contributed by atoms with Gasteiger partial charge in [0.05, 0.1) is 4.47 Å². The molecule has 1 N–H and O–H groups in total. The summed E-state index contributed by atoms with van der Waals surface area (Å²) in [6, 6.07) is 8.15. The average Bonchev–Trinajstić information content (AvgIpc) is 2.90. The summed E-state index contributed by atoms with van der Waals surface area (Å²) in [7, 11) is 0. The van der Waals surface area contributed by atoms with E-state index in [-0.39, 0.29) is 12.6 Å². The zero-order valence-electron chi connectivity index (χ0n) is 10.7. The van der Waals surface area contributed by atoms with Crippen molar-refractivity contribution in [3.8, 4) is 11.5 Å². The van der Waals surface area contributed by atoms with Crippen molar-refractivity contribution in [2.24, 2.45) is 0 Å². The van der Waals surface area contributed by atoms with Crippen LogP contribution in [0.15, 0.2) is 34.8 Å². The van der Waals surface area contributed by atoms with Gasteiger partial charge in [-0.1, -0.05) is 12.1 Å². The summed E-state index contributed by atoms with van der Waals surface area (Å²) in [5.74, 6) is 0.860. The van der Waals surface area contributed by atoms with Gasteiger partial charge in [-0.2, -0.15) is 0 Å². The van der Waals surface area contributed by atoms with E-state index < -0.39 is 6.10 Å². The minimum atomic E-state index is -0.920. The number of halogens is 2. The summed E-state index contributed by atoms with van der Waals surface area (Å²) >= 11 is 3.37. The van der Waals surface area contributed by atoms with E-state index in [9.17, 15) is 9.50 Å². The molecule has 0 saturated heterocycles. The van der Waals surface area contributed by atoms with Crippen molar-refractivity contribution in [1.29, 1.82) is 0 Å². The number of ether oxygens (including phenoxy) is 2. The van der Waals surface area contributed by atoms with Crippen molar-refractivity contribution < 1.29 is 19.0 Å². The number of aliphatic hydroxyl groups is 1. The molecule has 0 bridgehead atoms. The highest BCUT2D eigenvalue weighted by molar-refractivity contribution is 9.10. The Hall–Kier alpha value is -1.59. The molecule has 0 spiro atoms. The van der Waals surface area contributed by atoms with E-state index in [4.69, 9.17) is 9.47 Å². The van der Waals surface area contributed by atoms with Crippen LogP contribution in [-0.2, 0) is 0 Å². The van der Waals surface area contributed by atoms with Gasteiger partial charge in [-0.15, -0.1) is 0 Å². The van der Waals surface area contributed by atoms with Gasteiger partial charge >= 0.3 is 0 Å². The molecule has 1 heterocycles. The summed E-state index contributed by atoms with van der Waals surface area (Å²) < 4.78 is 24.9. The quantitative estimate of drug-likeness (QED) is 0.907. The lowest BCUT2D eigenvalue weighted by molar-refractivity contribution is 0.173. The molecule has 0 radical (unpaired) electrons. The third-order valence-electron chi connectivity index (χ3n) is 3.28. The average molecular weight is 339 g/mol. The largest absolute Gasteiger partial charge is 0.454 e. The van der Waals surface area contributed by atoms with E-state index >= 15 is 0 Å². The summed E-state index contributed by atoms with van der Waals surface area (Å²) in [6.07, 6.45) is -0.920. The Labute approximate surface area is 124 Å². The fourth-order valence-electron chi connectivity index (χ4n) is 2.12. The van der Waals surface area contributed by atoms with Crippen LogP contribution in [0.3, 0.4) is 0 Å². The van der Waals surface area contributed by atoms with E-state index in [0.717, 1.165) is 0 Å². The van der Waals surface area contributed by atoms with Crippen molar-refractivity contribution in [2.45, 2.75) is 13.0 Å². The maximum Gasteiger partial charge on any atom is 0.231 e. The van der Waals surface area contributed by atoms with Crippen molar-refractivity contribution in [2.75, 3.05) is 6.79 Å². The molecule has 1 atom stereocenters. The molecule has 20 heavy (non-hydrogen) atoms. The Morgan fingerprint density at radius 3 is 2.75 bits per heavy atom. The molecule has 0 aromatic heterocycles. The number of rotatable bonds is 2. The molecule has 0 amide bonds. The Morgan fingerprint density at radius 2 is 2.00 bits per heavy atom. The molecule has 3 rings (SSSR count). The van der Waals surface area contributed by atoms with Gasteiger partial charge in [0.25, 0.3) is 0 Å². The van der Waals surface area contributed by atoms with E-state index in [1.807, 2.05) is 0 Å². The summed E-state index contributed by atoms with van der Waals surface area (Å²) in [6.45, 7) is 1.84. The molecule has 1 unspecified atom stereocenters. The molecule has 0 aliphatic carbocycles. The van der Waals surface area contributed by atoms with E-state index in [1.54, 1.807) is 31.2 Å². The van der Waals surface area contributed by atoms with Gasteiger partial charge in [0.2, 0.25) is 6.79 Å². The minimum absolute atomic E-state index is 0.159. The van der Waals surface area contributed by atoms with Crippen molar-refractivity contribution in [3.63, 3.8) is 0 Å². The Balaban J connectivity index is 2.00. The Morgan fingerprint density at radius 1 is 1.20 bits per heavy atom. The first-order valence-corrected chi connectivity index (χ1v) is 6.88. The zero-order chi connectivity index (χ0) is 14.3. The molecule has 0 saturated carbocycles. The van der Waals surface area contributed by atoms with Crippen LogP contribution in [0.4, 0.5) is 4.39 Å². The fourth-order valence-corrected chi connectivity index (χ4v) is 2.69. The molecule has 104 valence electrons. The second-order valence-electron chi connectivity index (χ2n) is 4.65. The normalized spacial score (nSPS) is 14.4. The van der Waals surface area contributed by atoms with Crippen LogP contribution >= 0.6 is 15.9 Å². The molecule has 0 fully saturated rings. The maximum absolute atomic E-state index is 13.6. The molecule has 1 aliphatic heterocycles. The highest BCUT2D eigenvalue weighted by Gasteiger charge is 2.21. The lowest BCUT2D eigenvalue weighted by Crippen LogP contribution is -2.01. The molecular weight excluding hydrogens is 327 g/mol. The van der Waals surface area contributed by atoms with Crippen LogP contribution in [-0.4, -0.2) is 11.9 Å². The van der Waals surface area contributed by atoms with E-state index in [2.05, 4.69) is 15.9 Å². The molecular formula is C15H12BrFO3. The number of fused-ring (bicyclic) bond motifs is 1. The summed E-state index contributed by atoms with van der Waals surface area (Å²) in [5, 5.41) is 10.4. The predicted molar refractivity (Wildman–Crippen MR) is 75.5 cm³/mol. The number of aliphatic hydroxyl groups excluding tert-OH is 1. The second-order valence-corrected chi connectivity index (χ2v) is 5.50. The highest BCUT2D eigenvalue weighted by Crippen LogP contribution is 2.42. The lowest BCUT2D eigenvalue weighted by Gasteiger charge is -2.13.